The van der Waals surface area contributed by atoms with Gasteiger partial charge in [0.05, 0.1) is 0 Å². The SMILES string of the molecule is CN1CCCC(CNCc2c(Cl)oc3ccccc23)C1. The van der Waals surface area contributed by atoms with E-state index in [-0.39, 0.29) is 0 Å². The second kappa shape index (κ2) is 6.17. The Labute approximate surface area is 124 Å². The normalized spacial score (nSPS) is 20.6. The van der Waals surface area contributed by atoms with Gasteiger partial charge in [-0.15, -0.1) is 0 Å². The van der Waals surface area contributed by atoms with Gasteiger partial charge in [-0.3, -0.25) is 0 Å². The highest BCUT2D eigenvalue weighted by molar-refractivity contribution is 6.30. The first-order valence-electron chi connectivity index (χ1n) is 7.29. The van der Waals surface area contributed by atoms with Crippen molar-refractivity contribution in [2.45, 2.75) is 19.4 Å². The van der Waals surface area contributed by atoms with Crippen LogP contribution >= 0.6 is 11.6 Å². The monoisotopic (exact) mass is 292 g/mol. The van der Waals surface area contributed by atoms with Gasteiger partial charge >= 0.3 is 0 Å². The van der Waals surface area contributed by atoms with E-state index in [1.54, 1.807) is 0 Å². The molecule has 108 valence electrons. The third kappa shape index (κ3) is 3.00. The van der Waals surface area contributed by atoms with E-state index in [0.717, 1.165) is 35.5 Å². The zero-order chi connectivity index (χ0) is 13.9. The average molecular weight is 293 g/mol. The molecule has 0 spiro atoms. The van der Waals surface area contributed by atoms with Gasteiger partial charge in [-0.25, -0.2) is 0 Å². The zero-order valence-electron chi connectivity index (χ0n) is 11.9. The number of hydrogen-bond acceptors (Lipinski definition) is 3. The molecule has 4 heteroatoms. The van der Waals surface area contributed by atoms with Crippen LogP contribution in [0.1, 0.15) is 18.4 Å². The van der Waals surface area contributed by atoms with E-state index >= 15 is 0 Å². The molecule has 1 atom stereocenters. The average Bonchev–Trinajstić information content (AvgIpc) is 2.75. The van der Waals surface area contributed by atoms with Gasteiger partial charge in [-0.2, -0.15) is 0 Å². The van der Waals surface area contributed by atoms with Crippen molar-refractivity contribution in [2.24, 2.45) is 5.92 Å². The van der Waals surface area contributed by atoms with Crippen LogP contribution in [0.5, 0.6) is 0 Å². The van der Waals surface area contributed by atoms with Crippen LogP contribution in [0.2, 0.25) is 5.22 Å². The van der Waals surface area contributed by atoms with E-state index in [1.165, 1.54) is 25.9 Å². The Morgan fingerprint density at radius 1 is 1.40 bits per heavy atom. The minimum atomic E-state index is 0.513. The van der Waals surface area contributed by atoms with Gasteiger partial charge in [0.2, 0.25) is 0 Å². The van der Waals surface area contributed by atoms with Crippen molar-refractivity contribution in [2.75, 3.05) is 26.7 Å². The highest BCUT2D eigenvalue weighted by atomic mass is 35.5. The molecule has 1 saturated heterocycles. The lowest BCUT2D eigenvalue weighted by Gasteiger charge is -2.29. The smallest absolute Gasteiger partial charge is 0.199 e. The molecule has 1 fully saturated rings. The van der Waals surface area contributed by atoms with Gasteiger partial charge < -0.3 is 14.6 Å². The number of nitrogens with one attached hydrogen (secondary N) is 1. The molecule has 20 heavy (non-hydrogen) atoms. The first-order chi connectivity index (χ1) is 9.74. The molecule has 0 saturated carbocycles. The maximum absolute atomic E-state index is 6.20. The molecule has 1 aromatic heterocycles. The summed E-state index contributed by atoms with van der Waals surface area (Å²) in [5.74, 6) is 0.741. The lowest BCUT2D eigenvalue weighted by atomic mass is 9.98. The Kier molecular flexibility index (Phi) is 4.29. The Hall–Kier alpha value is -1.03. The summed E-state index contributed by atoms with van der Waals surface area (Å²) in [5, 5.41) is 5.17. The predicted octanol–water partition coefficient (Wildman–Crippen LogP) is 3.52. The molecule has 0 aliphatic carbocycles. The lowest BCUT2D eigenvalue weighted by molar-refractivity contribution is 0.206. The zero-order valence-corrected chi connectivity index (χ0v) is 12.6. The van der Waals surface area contributed by atoms with E-state index in [0.29, 0.717) is 5.22 Å². The molecule has 1 N–H and O–H groups in total. The number of likely N-dealkylation sites (tertiary alicyclic amines) is 1. The number of furan rings is 1. The van der Waals surface area contributed by atoms with Crippen LogP contribution in [0, 0.1) is 5.92 Å². The Bertz CT molecular complexity index is 581. The lowest BCUT2D eigenvalue weighted by Crippen LogP contribution is -2.37. The Morgan fingerprint density at radius 3 is 3.10 bits per heavy atom. The topological polar surface area (TPSA) is 28.4 Å². The van der Waals surface area contributed by atoms with Crippen LogP contribution in [-0.2, 0) is 6.54 Å². The molecule has 2 aromatic rings. The molecule has 3 rings (SSSR count). The number of benzene rings is 1. The molecular weight excluding hydrogens is 272 g/mol. The van der Waals surface area contributed by atoms with Crippen molar-refractivity contribution in [3.63, 3.8) is 0 Å². The molecule has 1 aromatic carbocycles. The van der Waals surface area contributed by atoms with E-state index in [1.807, 2.05) is 18.2 Å². The minimum absolute atomic E-state index is 0.513. The fourth-order valence-corrected chi connectivity index (χ4v) is 3.33. The minimum Gasteiger partial charge on any atom is -0.444 e. The van der Waals surface area contributed by atoms with Crippen LogP contribution in [0.3, 0.4) is 0 Å². The number of para-hydroxylation sites is 1. The Balaban J connectivity index is 1.61. The molecule has 1 aliphatic heterocycles. The fourth-order valence-electron chi connectivity index (χ4n) is 3.07. The highest BCUT2D eigenvalue weighted by Gasteiger charge is 2.17. The molecule has 1 aliphatic rings. The number of nitrogens with zero attached hydrogens (tertiary/aromatic N) is 1. The van der Waals surface area contributed by atoms with Gasteiger partial charge in [-0.05, 0) is 56.6 Å². The van der Waals surface area contributed by atoms with Gasteiger partial charge in [0, 0.05) is 24.0 Å². The van der Waals surface area contributed by atoms with Crippen LogP contribution in [0.4, 0.5) is 0 Å². The van der Waals surface area contributed by atoms with E-state index < -0.39 is 0 Å². The number of piperidine rings is 1. The summed E-state index contributed by atoms with van der Waals surface area (Å²) >= 11 is 6.20. The van der Waals surface area contributed by atoms with Crippen molar-refractivity contribution < 1.29 is 4.42 Å². The molecule has 0 amide bonds. The van der Waals surface area contributed by atoms with E-state index in [9.17, 15) is 0 Å². The van der Waals surface area contributed by atoms with Gasteiger partial charge in [-0.1, -0.05) is 18.2 Å². The van der Waals surface area contributed by atoms with Crippen molar-refractivity contribution in [3.05, 3.63) is 35.0 Å². The van der Waals surface area contributed by atoms with Gasteiger partial charge in [0.25, 0.3) is 0 Å². The summed E-state index contributed by atoms with van der Waals surface area (Å²) in [7, 11) is 2.20. The second-order valence-electron chi connectivity index (χ2n) is 5.75. The maximum Gasteiger partial charge on any atom is 0.199 e. The fraction of sp³-hybridized carbons (Fsp3) is 0.500. The number of rotatable bonds is 4. The van der Waals surface area contributed by atoms with Crippen LogP contribution in [0.25, 0.3) is 11.0 Å². The first-order valence-corrected chi connectivity index (χ1v) is 7.67. The third-order valence-corrected chi connectivity index (χ3v) is 4.41. The molecule has 1 unspecified atom stereocenters. The van der Waals surface area contributed by atoms with E-state index in [4.69, 9.17) is 16.0 Å². The first kappa shape index (κ1) is 13.9. The largest absolute Gasteiger partial charge is 0.444 e. The summed E-state index contributed by atoms with van der Waals surface area (Å²) in [6.07, 6.45) is 2.62. The van der Waals surface area contributed by atoms with Crippen LogP contribution in [0.15, 0.2) is 28.7 Å². The van der Waals surface area contributed by atoms with Gasteiger partial charge in [0.15, 0.2) is 5.22 Å². The third-order valence-electron chi connectivity index (χ3n) is 4.11. The van der Waals surface area contributed by atoms with Crippen molar-refractivity contribution in [3.8, 4) is 0 Å². The number of hydrogen-bond donors (Lipinski definition) is 1. The Morgan fingerprint density at radius 2 is 2.25 bits per heavy atom. The standard InChI is InChI=1S/C16H21ClN2O/c1-19-8-4-5-12(11-19)9-18-10-14-13-6-2-3-7-15(13)20-16(14)17/h2-3,6-7,12,18H,4-5,8-11H2,1H3. The summed E-state index contributed by atoms with van der Waals surface area (Å²) in [4.78, 5) is 2.41. The molecular formula is C16H21ClN2O. The highest BCUT2D eigenvalue weighted by Crippen LogP contribution is 2.29. The summed E-state index contributed by atoms with van der Waals surface area (Å²) in [5.41, 5.74) is 1.94. The molecule has 2 heterocycles. The maximum atomic E-state index is 6.20. The quantitative estimate of drug-likeness (QED) is 0.935. The molecule has 0 bridgehead atoms. The summed E-state index contributed by atoms with van der Waals surface area (Å²) in [6, 6.07) is 8.02. The van der Waals surface area contributed by atoms with Crippen molar-refractivity contribution in [1.82, 2.24) is 10.2 Å². The summed E-state index contributed by atoms with van der Waals surface area (Å²) in [6.45, 7) is 4.23. The van der Waals surface area contributed by atoms with Crippen LogP contribution in [-0.4, -0.2) is 31.6 Å². The summed E-state index contributed by atoms with van der Waals surface area (Å²) < 4.78 is 5.58. The second-order valence-corrected chi connectivity index (χ2v) is 6.10. The van der Waals surface area contributed by atoms with Gasteiger partial charge in [0.1, 0.15) is 5.58 Å². The number of fused-ring (bicyclic) bond motifs is 1. The molecule has 0 radical (unpaired) electrons. The predicted molar refractivity (Wildman–Crippen MR) is 83.2 cm³/mol. The number of halogens is 1. The van der Waals surface area contributed by atoms with Crippen molar-refractivity contribution in [1.29, 1.82) is 0 Å². The van der Waals surface area contributed by atoms with E-state index in [2.05, 4.69) is 23.3 Å². The van der Waals surface area contributed by atoms with Crippen LogP contribution < -0.4 is 5.32 Å². The van der Waals surface area contributed by atoms with Crippen molar-refractivity contribution >= 4 is 22.6 Å². The molecule has 3 nitrogen and oxygen atoms in total.